The summed E-state index contributed by atoms with van der Waals surface area (Å²) in [7, 11) is 1.90. The Labute approximate surface area is 141 Å². The maximum atomic E-state index is 12.8. The van der Waals surface area contributed by atoms with Crippen LogP contribution in [0.1, 0.15) is 34.9 Å². The van der Waals surface area contributed by atoms with Gasteiger partial charge in [-0.15, -0.1) is 0 Å². The van der Waals surface area contributed by atoms with E-state index in [0.29, 0.717) is 0 Å². The fourth-order valence-electron chi connectivity index (χ4n) is 2.95. The lowest BCUT2D eigenvalue weighted by Gasteiger charge is -2.25. The highest BCUT2D eigenvalue weighted by Crippen LogP contribution is 2.34. The number of aromatic nitrogens is 1. The van der Waals surface area contributed by atoms with E-state index in [1.165, 1.54) is 5.56 Å². The van der Waals surface area contributed by atoms with Gasteiger partial charge < -0.3 is 9.47 Å². The quantitative estimate of drug-likeness (QED) is 0.712. The zero-order valence-corrected chi connectivity index (χ0v) is 14.9. The molecule has 1 aliphatic rings. The van der Waals surface area contributed by atoms with E-state index in [0.717, 1.165) is 34.0 Å². The van der Waals surface area contributed by atoms with Crippen molar-refractivity contribution in [1.82, 2.24) is 9.47 Å². The summed E-state index contributed by atoms with van der Waals surface area (Å²) in [4.78, 5) is 14.8. The molecular weight excluding hydrogens is 396 g/mol. The lowest BCUT2D eigenvalue weighted by atomic mass is 10.0. The predicted octanol–water partition coefficient (Wildman–Crippen LogP) is 4.53. The van der Waals surface area contributed by atoms with Crippen LogP contribution in [0.3, 0.4) is 0 Å². The first-order valence-corrected chi connectivity index (χ1v) is 8.53. The number of carbonyl (C=O) groups is 1. The number of likely N-dealkylation sites (tertiary alicyclic amines) is 1. The molecule has 0 N–H and O–H groups in total. The molecule has 1 atom stereocenters. The van der Waals surface area contributed by atoms with Crippen LogP contribution < -0.4 is 0 Å². The monoisotopic (exact) mass is 410 g/mol. The summed E-state index contributed by atoms with van der Waals surface area (Å²) in [5, 5.41) is 0. The minimum atomic E-state index is 0.102. The number of aryl methyl sites for hydroxylation is 1. The Morgan fingerprint density at radius 3 is 2.71 bits per heavy atom. The third kappa shape index (κ3) is 2.94. The Morgan fingerprint density at radius 1 is 1.24 bits per heavy atom. The van der Waals surface area contributed by atoms with E-state index in [1.54, 1.807) is 0 Å². The summed E-state index contributed by atoms with van der Waals surface area (Å²) in [6, 6.07) is 10.3. The minimum absolute atomic E-state index is 0.102. The van der Waals surface area contributed by atoms with Crippen LogP contribution in [-0.4, -0.2) is 21.9 Å². The molecule has 1 amide bonds. The van der Waals surface area contributed by atoms with Gasteiger partial charge in [0.2, 0.25) is 0 Å². The molecular formula is C16H16Br2N2O. The highest BCUT2D eigenvalue weighted by Gasteiger charge is 2.31. The van der Waals surface area contributed by atoms with Crippen molar-refractivity contribution in [2.24, 2.45) is 7.05 Å². The zero-order chi connectivity index (χ0) is 15.0. The van der Waals surface area contributed by atoms with Gasteiger partial charge in [0.25, 0.3) is 5.91 Å². The molecule has 110 valence electrons. The van der Waals surface area contributed by atoms with Gasteiger partial charge in [-0.3, -0.25) is 4.79 Å². The normalized spacial score (nSPS) is 18.2. The van der Waals surface area contributed by atoms with Gasteiger partial charge in [0.1, 0.15) is 5.69 Å². The fraction of sp³-hybridized carbons (Fsp3) is 0.312. The second kappa shape index (κ2) is 5.97. The number of hydrogen-bond donors (Lipinski definition) is 0. The van der Waals surface area contributed by atoms with Crippen molar-refractivity contribution in [2.75, 3.05) is 6.54 Å². The maximum absolute atomic E-state index is 12.8. The number of benzene rings is 1. The molecule has 3 nitrogen and oxygen atoms in total. The van der Waals surface area contributed by atoms with Gasteiger partial charge in [0.05, 0.1) is 6.04 Å². The number of hydrogen-bond acceptors (Lipinski definition) is 1. The van der Waals surface area contributed by atoms with Crippen LogP contribution in [0.25, 0.3) is 0 Å². The summed E-state index contributed by atoms with van der Waals surface area (Å²) < 4.78 is 3.87. The predicted molar refractivity (Wildman–Crippen MR) is 90.3 cm³/mol. The van der Waals surface area contributed by atoms with Gasteiger partial charge in [-0.05, 0) is 52.5 Å². The lowest BCUT2D eigenvalue weighted by molar-refractivity contribution is 0.0726. The first kappa shape index (κ1) is 14.9. The van der Waals surface area contributed by atoms with Crippen LogP contribution in [0.2, 0.25) is 0 Å². The van der Waals surface area contributed by atoms with Crippen molar-refractivity contribution in [3.8, 4) is 0 Å². The molecule has 1 unspecified atom stereocenters. The Bertz CT molecular complexity index is 681. The largest absolute Gasteiger partial charge is 0.345 e. The first-order chi connectivity index (χ1) is 10.1. The molecule has 1 saturated heterocycles. The van der Waals surface area contributed by atoms with E-state index in [4.69, 9.17) is 0 Å². The Balaban J connectivity index is 1.90. The lowest BCUT2D eigenvalue weighted by Crippen LogP contribution is -2.31. The topological polar surface area (TPSA) is 25.2 Å². The molecule has 2 heterocycles. The van der Waals surface area contributed by atoms with Crippen molar-refractivity contribution in [2.45, 2.75) is 18.9 Å². The van der Waals surface area contributed by atoms with Gasteiger partial charge in [0, 0.05) is 28.7 Å². The summed E-state index contributed by atoms with van der Waals surface area (Å²) in [6.45, 7) is 0.818. The second-order valence-electron chi connectivity index (χ2n) is 5.37. The van der Waals surface area contributed by atoms with Crippen LogP contribution in [0, 0.1) is 0 Å². The highest BCUT2D eigenvalue weighted by molar-refractivity contribution is 9.10. The van der Waals surface area contributed by atoms with Crippen molar-refractivity contribution < 1.29 is 4.79 Å². The molecule has 3 rings (SSSR count). The van der Waals surface area contributed by atoms with Gasteiger partial charge in [-0.1, -0.05) is 28.1 Å². The van der Waals surface area contributed by atoms with Crippen LogP contribution in [0.15, 0.2) is 45.5 Å². The highest BCUT2D eigenvalue weighted by atomic mass is 79.9. The van der Waals surface area contributed by atoms with Crippen molar-refractivity contribution in [3.05, 3.63) is 56.7 Å². The Kier molecular flexibility index (Phi) is 4.22. The van der Waals surface area contributed by atoms with E-state index in [1.807, 2.05) is 40.9 Å². The number of halogens is 2. The van der Waals surface area contributed by atoms with Gasteiger partial charge in [-0.2, -0.15) is 0 Å². The summed E-state index contributed by atoms with van der Waals surface area (Å²) in [5.41, 5.74) is 1.92. The molecule has 21 heavy (non-hydrogen) atoms. The Hall–Kier alpha value is -1.07. The number of rotatable bonds is 2. The molecule has 0 aliphatic carbocycles. The third-order valence-corrected chi connectivity index (χ3v) is 4.86. The van der Waals surface area contributed by atoms with E-state index >= 15 is 0 Å². The van der Waals surface area contributed by atoms with Gasteiger partial charge in [0.15, 0.2) is 0 Å². The molecule has 0 spiro atoms. The average molecular weight is 412 g/mol. The molecule has 0 bridgehead atoms. The first-order valence-electron chi connectivity index (χ1n) is 6.94. The number of amides is 1. The van der Waals surface area contributed by atoms with Gasteiger partial charge in [-0.25, -0.2) is 0 Å². The number of carbonyl (C=O) groups excluding carboxylic acids is 1. The average Bonchev–Trinajstić information content (AvgIpc) is 3.04. The summed E-state index contributed by atoms with van der Waals surface area (Å²) in [5.74, 6) is 0.102. The standard InChI is InChI=1S/C16H16Br2N2O/c1-19-10-13(18)9-15(19)16(21)20-7-3-6-14(20)11-4-2-5-12(17)8-11/h2,4-5,8-10,14H,3,6-7H2,1H3. The van der Waals surface area contributed by atoms with Crippen molar-refractivity contribution >= 4 is 37.8 Å². The molecule has 0 saturated carbocycles. The molecule has 1 aromatic heterocycles. The zero-order valence-electron chi connectivity index (χ0n) is 11.7. The van der Waals surface area contributed by atoms with Crippen LogP contribution in [0.4, 0.5) is 0 Å². The smallest absolute Gasteiger partial charge is 0.271 e. The van der Waals surface area contributed by atoms with E-state index in [2.05, 4.69) is 44.0 Å². The number of nitrogens with zero attached hydrogens (tertiary/aromatic N) is 2. The van der Waals surface area contributed by atoms with Crippen LogP contribution in [0.5, 0.6) is 0 Å². The van der Waals surface area contributed by atoms with E-state index in [9.17, 15) is 4.79 Å². The molecule has 2 aromatic rings. The van der Waals surface area contributed by atoms with Crippen LogP contribution >= 0.6 is 31.9 Å². The van der Waals surface area contributed by atoms with Crippen LogP contribution in [-0.2, 0) is 7.05 Å². The van der Waals surface area contributed by atoms with E-state index in [-0.39, 0.29) is 11.9 Å². The molecule has 1 aliphatic heterocycles. The maximum Gasteiger partial charge on any atom is 0.271 e. The van der Waals surface area contributed by atoms with Crippen molar-refractivity contribution in [1.29, 1.82) is 0 Å². The fourth-order valence-corrected chi connectivity index (χ4v) is 3.90. The Morgan fingerprint density at radius 2 is 2.05 bits per heavy atom. The third-order valence-electron chi connectivity index (χ3n) is 3.94. The molecule has 0 radical (unpaired) electrons. The molecule has 5 heteroatoms. The second-order valence-corrected chi connectivity index (χ2v) is 7.20. The van der Waals surface area contributed by atoms with E-state index < -0.39 is 0 Å². The molecule has 1 aromatic carbocycles. The molecule has 1 fully saturated rings. The minimum Gasteiger partial charge on any atom is -0.345 e. The SMILES string of the molecule is Cn1cc(Br)cc1C(=O)N1CCCC1c1cccc(Br)c1. The summed E-state index contributed by atoms with van der Waals surface area (Å²) >= 11 is 6.94. The van der Waals surface area contributed by atoms with Gasteiger partial charge >= 0.3 is 0 Å². The van der Waals surface area contributed by atoms with Crippen molar-refractivity contribution in [3.63, 3.8) is 0 Å². The summed E-state index contributed by atoms with van der Waals surface area (Å²) in [6.07, 6.45) is 3.99.